The van der Waals surface area contributed by atoms with Crippen LogP contribution in [0.1, 0.15) is 86.7 Å². The number of hydrogen-bond donors (Lipinski definition) is 4. The Balaban J connectivity index is 1.38. The smallest absolute Gasteiger partial charge is 0.338 e. The highest BCUT2D eigenvalue weighted by Crippen LogP contribution is 2.64. The predicted octanol–water partition coefficient (Wildman–Crippen LogP) is 3.74. The first-order chi connectivity index (χ1) is 29.3. The minimum atomic E-state index is -2.36. The van der Waals surface area contributed by atoms with Crippen LogP contribution in [0.15, 0.2) is 102 Å². The summed E-state index contributed by atoms with van der Waals surface area (Å²) in [5, 5.41) is 39.8. The topological polar surface area (TPSA) is 221 Å². The van der Waals surface area contributed by atoms with E-state index in [1.165, 1.54) is 26.0 Å². The number of ether oxygens (including phenoxy) is 5. The maximum absolute atomic E-state index is 15.5. The van der Waals surface area contributed by atoms with Crippen molar-refractivity contribution in [1.29, 1.82) is 0 Å². The Morgan fingerprint density at radius 1 is 0.806 bits per heavy atom. The number of aliphatic hydroxyl groups excluding tert-OH is 2. The van der Waals surface area contributed by atoms with Crippen LogP contribution in [0.2, 0.25) is 0 Å². The zero-order valence-corrected chi connectivity index (χ0v) is 35.2. The summed E-state index contributed by atoms with van der Waals surface area (Å²) in [6.07, 6.45) is -10.5. The molecule has 15 nitrogen and oxygen atoms in total. The fraction of sp³-hybridized carbons (Fsp3) is 0.447. The zero-order valence-electron chi connectivity index (χ0n) is 35.2. The van der Waals surface area contributed by atoms with Crippen LogP contribution in [-0.2, 0) is 42.9 Å². The summed E-state index contributed by atoms with van der Waals surface area (Å²) < 4.78 is 30.2. The molecule has 62 heavy (non-hydrogen) atoms. The number of carbonyl (C=O) groups excluding carboxylic acids is 6. The molecule has 1 aliphatic heterocycles. The molecule has 1 amide bonds. The first-order valence-corrected chi connectivity index (χ1v) is 20.5. The van der Waals surface area contributed by atoms with E-state index in [0.717, 1.165) is 13.8 Å². The van der Waals surface area contributed by atoms with Crippen LogP contribution in [0, 0.1) is 16.7 Å². The van der Waals surface area contributed by atoms with Crippen LogP contribution in [0.4, 0.5) is 0 Å². The zero-order chi connectivity index (χ0) is 44.9. The molecule has 3 aliphatic carbocycles. The third kappa shape index (κ3) is 7.40. The number of aliphatic hydroxyl groups is 3. The van der Waals surface area contributed by atoms with Gasteiger partial charge in [-0.2, -0.15) is 0 Å². The standard InChI is InChI=1S/C47H51NO14/c1-25-32(60-43(56)35(52)34(28-16-10-7-11-17-28)48-41(54)29-18-12-8-13-19-29)23-47(57)40(61-42(55)30-20-14-9-15-21-30)37-45(6,22-31(51)39-46(37,24-58-39)62-27(3)50)38(53)36(59-26(2)49)33(25)44(47,4)5/h7-21,31-32,34-37,39-40,51-52,57H,22-24H2,1-6H3,(H,48,54)/t31-,32+,34+,35-,36-,37+,39-,40+,45-,46-,47-/m1/s1. The predicted molar refractivity (Wildman–Crippen MR) is 218 cm³/mol. The number of nitrogens with one attached hydrogen (secondary N) is 1. The fourth-order valence-electron chi connectivity index (χ4n) is 10.3. The molecule has 4 aliphatic rings. The van der Waals surface area contributed by atoms with Crippen molar-refractivity contribution in [1.82, 2.24) is 5.32 Å². The molecule has 3 aromatic carbocycles. The van der Waals surface area contributed by atoms with Gasteiger partial charge in [-0.05, 0) is 54.3 Å². The molecule has 0 spiro atoms. The van der Waals surface area contributed by atoms with Gasteiger partial charge in [0.15, 0.2) is 23.6 Å². The quantitative estimate of drug-likeness (QED) is 0.130. The van der Waals surface area contributed by atoms with E-state index in [-0.39, 0.29) is 35.3 Å². The Morgan fingerprint density at radius 2 is 1.39 bits per heavy atom. The molecule has 0 aromatic heterocycles. The summed E-state index contributed by atoms with van der Waals surface area (Å²) in [5.74, 6) is -6.64. The van der Waals surface area contributed by atoms with Crippen LogP contribution >= 0.6 is 0 Å². The summed E-state index contributed by atoms with van der Waals surface area (Å²) in [5.41, 5.74) is -6.79. The van der Waals surface area contributed by atoms with E-state index in [9.17, 15) is 39.3 Å². The van der Waals surface area contributed by atoms with E-state index < -0.39 is 113 Å². The minimum absolute atomic E-state index is 0.0270. The van der Waals surface area contributed by atoms with Crippen LogP contribution < -0.4 is 5.32 Å². The second-order valence-electron chi connectivity index (χ2n) is 17.4. The molecule has 2 saturated carbocycles. The van der Waals surface area contributed by atoms with Gasteiger partial charge in [-0.3, -0.25) is 19.2 Å². The monoisotopic (exact) mass is 853 g/mol. The van der Waals surface area contributed by atoms with Crippen molar-refractivity contribution in [2.24, 2.45) is 16.7 Å². The lowest BCUT2D eigenvalue weighted by atomic mass is 9.45. The van der Waals surface area contributed by atoms with E-state index in [2.05, 4.69) is 5.32 Å². The van der Waals surface area contributed by atoms with Crippen LogP contribution in [-0.4, -0.2) is 105 Å². The third-order valence-electron chi connectivity index (χ3n) is 13.3. The van der Waals surface area contributed by atoms with Gasteiger partial charge in [0.2, 0.25) is 0 Å². The molecule has 1 heterocycles. The van der Waals surface area contributed by atoms with Crippen molar-refractivity contribution in [3.63, 3.8) is 0 Å². The first kappa shape index (κ1) is 44.3. The SMILES string of the molecule is CC(=O)O[C@H]1C(=O)[C@]2(C)C[C@@H](O)[C@H]3OC[C@@]3(OC(C)=O)[C@H]2[C@H](OC(=O)c2ccccc2)[C@]2(O)C[C@H](OC(=O)[C@H](O)[C@@H](NC(=O)c3ccccc3)c3ccccc3)C(C)=C1C2(C)C. The Hall–Kier alpha value is -5.74. The highest BCUT2D eigenvalue weighted by atomic mass is 16.6. The average Bonchev–Trinajstić information content (AvgIpc) is 3.22. The Morgan fingerprint density at radius 3 is 1.94 bits per heavy atom. The van der Waals surface area contributed by atoms with Gasteiger partial charge in [0, 0.05) is 36.7 Å². The van der Waals surface area contributed by atoms with Crippen LogP contribution in [0.25, 0.3) is 0 Å². The van der Waals surface area contributed by atoms with Crippen molar-refractivity contribution >= 4 is 35.6 Å². The normalized spacial score (nSPS) is 31.9. The van der Waals surface area contributed by atoms with E-state index in [1.54, 1.807) is 92.7 Å². The van der Waals surface area contributed by atoms with Gasteiger partial charge in [0.25, 0.3) is 5.91 Å². The fourth-order valence-corrected chi connectivity index (χ4v) is 10.3. The molecule has 0 unspecified atom stereocenters. The van der Waals surface area contributed by atoms with E-state index in [4.69, 9.17) is 23.7 Å². The van der Waals surface area contributed by atoms with Crippen molar-refractivity contribution in [2.45, 2.75) is 108 Å². The average molecular weight is 854 g/mol. The van der Waals surface area contributed by atoms with E-state index in [1.807, 2.05) is 0 Å². The molecule has 328 valence electrons. The van der Waals surface area contributed by atoms with Crippen LogP contribution in [0.5, 0.6) is 0 Å². The van der Waals surface area contributed by atoms with Crippen LogP contribution in [0.3, 0.4) is 0 Å². The summed E-state index contributed by atoms with van der Waals surface area (Å²) in [6.45, 7) is 8.04. The lowest BCUT2D eigenvalue weighted by Gasteiger charge is -2.67. The van der Waals surface area contributed by atoms with E-state index >= 15 is 4.79 Å². The molecule has 2 bridgehead atoms. The Bertz CT molecular complexity index is 2280. The van der Waals surface area contributed by atoms with Gasteiger partial charge in [-0.1, -0.05) is 87.5 Å². The van der Waals surface area contributed by atoms with Gasteiger partial charge in [0.1, 0.15) is 23.9 Å². The molecule has 3 aromatic rings. The number of amides is 1. The Labute approximate surface area is 358 Å². The van der Waals surface area contributed by atoms with Gasteiger partial charge in [-0.25, -0.2) is 9.59 Å². The number of carbonyl (C=O) groups is 6. The molecule has 4 N–H and O–H groups in total. The molecule has 11 atom stereocenters. The summed E-state index contributed by atoms with van der Waals surface area (Å²) in [6, 6.07) is 23.0. The van der Waals surface area contributed by atoms with Crippen molar-refractivity contribution in [3.8, 4) is 0 Å². The van der Waals surface area contributed by atoms with E-state index in [0.29, 0.717) is 5.56 Å². The largest absolute Gasteiger partial charge is 0.456 e. The lowest BCUT2D eigenvalue weighted by molar-refractivity contribution is -0.352. The summed E-state index contributed by atoms with van der Waals surface area (Å²) in [4.78, 5) is 83.4. The second kappa shape index (κ2) is 16.5. The van der Waals surface area contributed by atoms with Gasteiger partial charge >= 0.3 is 23.9 Å². The lowest BCUT2D eigenvalue weighted by Crippen LogP contribution is -2.82. The summed E-state index contributed by atoms with van der Waals surface area (Å²) >= 11 is 0. The van der Waals surface area contributed by atoms with Crippen molar-refractivity contribution in [3.05, 3.63) is 119 Å². The van der Waals surface area contributed by atoms with Crippen molar-refractivity contribution in [2.75, 3.05) is 6.61 Å². The molecule has 15 heteroatoms. The first-order valence-electron chi connectivity index (χ1n) is 20.5. The molecular formula is C47H51NO14. The molecule has 0 radical (unpaired) electrons. The number of ketones is 1. The highest BCUT2D eigenvalue weighted by molar-refractivity contribution is 5.96. The number of benzene rings is 3. The summed E-state index contributed by atoms with van der Waals surface area (Å²) in [7, 11) is 0. The van der Waals surface area contributed by atoms with Gasteiger partial charge < -0.3 is 44.3 Å². The number of esters is 4. The van der Waals surface area contributed by atoms with Crippen molar-refractivity contribution < 1.29 is 67.8 Å². The molecule has 3 fully saturated rings. The van der Waals surface area contributed by atoms with Gasteiger partial charge in [0.05, 0.1) is 30.2 Å². The maximum Gasteiger partial charge on any atom is 0.338 e. The molecule has 1 saturated heterocycles. The second-order valence-corrected chi connectivity index (χ2v) is 17.4. The number of Topliss-reactive ketones (excluding diaryl/α,β-unsaturated/α-hetero) is 1. The maximum atomic E-state index is 15.5. The van der Waals surface area contributed by atoms with Gasteiger partial charge in [-0.15, -0.1) is 0 Å². The third-order valence-corrected chi connectivity index (χ3v) is 13.3. The molecular weight excluding hydrogens is 803 g/mol. The number of rotatable bonds is 10. The number of hydrogen-bond acceptors (Lipinski definition) is 14. The highest BCUT2D eigenvalue weighted by Gasteiger charge is 2.78. The minimum Gasteiger partial charge on any atom is -0.456 e. The Kier molecular flexibility index (Phi) is 11.8. The number of fused-ring (bicyclic) bond motifs is 5. The molecule has 7 rings (SSSR count).